The minimum atomic E-state index is -0.463. The average Bonchev–Trinajstić information content (AvgIpc) is 3.01. The molecule has 31 heavy (non-hydrogen) atoms. The van der Waals surface area contributed by atoms with Crippen molar-refractivity contribution in [3.63, 3.8) is 0 Å². The third-order valence-corrected chi connectivity index (χ3v) is 5.24. The molecular formula is C22H19FN2O5S. The lowest BCUT2D eigenvalue weighted by atomic mass is 10.1. The van der Waals surface area contributed by atoms with Crippen LogP contribution >= 0.6 is 11.8 Å². The Hall–Kier alpha value is -3.46. The lowest BCUT2D eigenvalue weighted by Crippen LogP contribution is -2.38. The van der Waals surface area contributed by atoms with Gasteiger partial charge in [-0.1, -0.05) is 12.1 Å². The third kappa shape index (κ3) is 6.02. The van der Waals surface area contributed by atoms with Gasteiger partial charge >= 0.3 is 0 Å². The summed E-state index contributed by atoms with van der Waals surface area (Å²) in [6, 6.07) is 12.0. The van der Waals surface area contributed by atoms with E-state index in [4.69, 9.17) is 4.74 Å². The van der Waals surface area contributed by atoms with Gasteiger partial charge in [-0.3, -0.25) is 24.1 Å². The topological polar surface area (TPSA) is 92.8 Å². The molecule has 1 aliphatic rings. The van der Waals surface area contributed by atoms with Gasteiger partial charge in [0.15, 0.2) is 12.4 Å². The molecular weight excluding hydrogens is 423 g/mol. The fourth-order valence-corrected chi connectivity index (χ4v) is 3.56. The molecule has 3 rings (SSSR count). The van der Waals surface area contributed by atoms with Crippen LogP contribution in [0, 0.1) is 5.82 Å². The zero-order valence-corrected chi connectivity index (χ0v) is 17.4. The summed E-state index contributed by atoms with van der Waals surface area (Å²) in [5.74, 6) is -0.890. The van der Waals surface area contributed by atoms with Gasteiger partial charge in [0, 0.05) is 18.7 Å². The van der Waals surface area contributed by atoms with Gasteiger partial charge in [0.25, 0.3) is 17.1 Å². The molecule has 1 heterocycles. The zero-order chi connectivity index (χ0) is 22.4. The first-order valence-electron chi connectivity index (χ1n) is 9.35. The molecule has 0 spiro atoms. The first kappa shape index (κ1) is 22.2. The number of halogens is 1. The molecule has 0 unspecified atom stereocenters. The number of nitrogens with zero attached hydrogens (tertiary/aromatic N) is 1. The maximum atomic E-state index is 13.0. The van der Waals surface area contributed by atoms with Crippen LogP contribution in [0.15, 0.2) is 53.4 Å². The van der Waals surface area contributed by atoms with E-state index < -0.39 is 22.9 Å². The van der Waals surface area contributed by atoms with Gasteiger partial charge in [-0.05, 0) is 66.7 Å². The number of nitrogens with one attached hydrogen (secondary N) is 1. The van der Waals surface area contributed by atoms with Crippen LogP contribution in [0.4, 0.5) is 9.18 Å². The monoisotopic (exact) mass is 442 g/mol. The smallest absolute Gasteiger partial charge is 0.293 e. The van der Waals surface area contributed by atoms with Gasteiger partial charge in [0.2, 0.25) is 0 Å². The molecule has 0 aliphatic carbocycles. The molecule has 2 aromatic carbocycles. The molecule has 0 atom stereocenters. The van der Waals surface area contributed by atoms with Crippen LogP contribution in [-0.2, 0) is 9.59 Å². The van der Waals surface area contributed by atoms with E-state index in [1.165, 1.54) is 37.3 Å². The van der Waals surface area contributed by atoms with Gasteiger partial charge < -0.3 is 10.1 Å². The lowest BCUT2D eigenvalue weighted by Gasteiger charge is -2.13. The average molecular weight is 442 g/mol. The largest absolute Gasteiger partial charge is 0.484 e. The number of thioether (sulfide) groups is 1. The van der Waals surface area contributed by atoms with Crippen LogP contribution in [0.1, 0.15) is 22.8 Å². The molecule has 1 fully saturated rings. The lowest BCUT2D eigenvalue weighted by molar-refractivity contribution is -0.125. The van der Waals surface area contributed by atoms with E-state index in [0.29, 0.717) is 16.9 Å². The Bertz CT molecular complexity index is 1030. The van der Waals surface area contributed by atoms with E-state index in [9.17, 15) is 23.6 Å². The Kier molecular flexibility index (Phi) is 7.19. The SMILES string of the molecule is CC(=O)c1ccc(OCC(=O)NCCN2C(=O)S/C(=C/c3ccc(F)cc3)C2=O)cc1. The summed E-state index contributed by atoms with van der Waals surface area (Å²) in [5, 5.41) is 2.15. The molecule has 9 heteroatoms. The number of carbonyl (C=O) groups is 4. The number of hydrogen-bond donors (Lipinski definition) is 1. The normalized spacial score (nSPS) is 14.8. The Balaban J connectivity index is 1.45. The van der Waals surface area contributed by atoms with Crippen molar-refractivity contribution in [2.24, 2.45) is 0 Å². The molecule has 2 aromatic rings. The predicted octanol–water partition coefficient (Wildman–Crippen LogP) is 3.26. The van der Waals surface area contributed by atoms with Crippen molar-refractivity contribution in [2.45, 2.75) is 6.92 Å². The van der Waals surface area contributed by atoms with Crippen LogP contribution in [-0.4, -0.2) is 47.4 Å². The Morgan fingerprint density at radius 1 is 1.10 bits per heavy atom. The quantitative estimate of drug-likeness (QED) is 0.498. The molecule has 160 valence electrons. The van der Waals surface area contributed by atoms with E-state index in [0.717, 1.165) is 16.7 Å². The standard InChI is InChI=1S/C22H19FN2O5S/c1-14(26)16-4-8-18(9-5-16)30-13-20(27)24-10-11-25-21(28)19(31-22(25)29)12-15-2-6-17(23)7-3-15/h2-9,12H,10-11,13H2,1H3,(H,24,27)/b19-12+. The van der Waals surface area contributed by atoms with E-state index >= 15 is 0 Å². The molecule has 0 radical (unpaired) electrons. The van der Waals surface area contributed by atoms with Gasteiger partial charge in [-0.2, -0.15) is 0 Å². The predicted molar refractivity (Wildman–Crippen MR) is 114 cm³/mol. The second kappa shape index (κ2) is 10.0. The number of ether oxygens (including phenoxy) is 1. The number of carbonyl (C=O) groups excluding carboxylic acids is 4. The highest BCUT2D eigenvalue weighted by molar-refractivity contribution is 8.18. The van der Waals surface area contributed by atoms with E-state index in [2.05, 4.69) is 5.32 Å². The minimum Gasteiger partial charge on any atom is -0.484 e. The zero-order valence-electron chi connectivity index (χ0n) is 16.6. The fourth-order valence-electron chi connectivity index (χ4n) is 2.70. The van der Waals surface area contributed by atoms with E-state index in [1.54, 1.807) is 24.3 Å². The Morgan fingerprint density at radius 3 is 2.42 bits per heavy atom. The molecule has 7 nitrogen and oxygen atoms in total. The van der Waals surface area contributed by atoms with E-state index in [-0.39, 0.29) is 30.4 Å². The molecule has 1 aliphatic heterocycles. The Labute approximate surface area is 182 Å². The summed E-state index contributed by atoms with van der Waals surface area (Å²) in [6.45, 7) is 1.31. The van der Waals surface area contributed by atoms with Crippen LogP contribution in [0.3, 0.4) is 0 Å². The van der Waals surface area contributed by atoms with Crippen LogP contribution in [0.2, 0.25) is 0 Å². The number of Topliss-reactive ketones (excluding diaryl/α,β-unsaturated/α-hetero) is 1. The second-order valence-electron chi connectivity index (χ2n) is 6.60. The van der Waals surface area contributed by atoms with Crippen LogP contribution in [0.25, 0.3) is 6.08 Å². The van der Waals surface area contributed by atoms with Gasteiger partial charge in [-0.15, -0.1) is 0 Å². The molecule has 3 amide bonds. The maximum absolute atomic E-state index is 13.0. The van der Waals surface area contributed by atoms with E-state index in [1.807, 2.05) is 0 Å². The third-order valence-electron chi connectivity index (χ3n) is 4.33. The number of rotatable bonds is 8. The summed E-state index contributed by atoms with van der Waals surface area (Å²) < 4.78 is 18.3. The Morgan fingerprint density at radius 2 is 1.77 bits per heavy atom. The fraction of sp³-hybridized carbons (Fsp3) is 0.182. The number of imide groups is 1. The van der Waals surface area contributed by atoms with Gasteiger partial charge in [0.1, 0.15) is 11.6 Å². The second-order valence-corrected chi connectivity index (χ2v) is 7.60. The highest BCUT2D eigenvalue weighted by atomic mass is 32.2. The minimum absolute atomic E-state index is 0.0183. The summed E-state index contributed by atoms with van der Waals surface area (Å²) in [5.41, 5.74) is 1.15. The molecule has 0 aromatic heterocycles. The van der Waals surface area contributed by atoms with Gasteiger partial charge in [-0.25, -0.2) is 4.39 Å². The number of hydrogen-bond acceptors (Lipinski definition) is 6. The molecule has 0 bridgehead atoms. The van der Waals surface area contributed by atoms with Crippen LogP contribution in [0.5, 0.6) is 5.75 Å². The summed E-state index contributed by atoms with van der Waals surface area (Å²) in [4.78, 5) is 49.0. The van der Waals surface area contributed by atoms with Crippen molar-refractivity contribution in [1.82, 2.24) is 10.2 Å². The number of benzene rings is 2. The first-order valence-corrected chi connectivity index (χ1v) is 10.2. The highest BCUT2D eigenvalue weighted by Crippen LogP contribution is 2.31. The van der Waals surface area contributed by atoms with Crippen molar-refractivity contribution in [1.29, 1.82) is 0 Å². The van der Waals surface area contributed by atoms with Crippen LogP contribution < -0.4 is 10.1 Å². The van der Waals surface area contributed by atoms with Crippen molar-refractivity contribution in [3.05, 3.63) is 70.4 Å². The summed E-state index contributed by atoms with van der Waals surface area (Å²) in [7, 11) is 0. The molecule has 0 saturated carbocycles. The summed E-state index contributed by atoms with van der Waals surface area (Å²) in [6.07, 6.45) is 1.52. The number of amides is 3. The van der Waals surface area contributed by atoms with Crippen molar-refractivity contribution >= 4 is 40.7 Å². The van der Waals surface area contributed by atoms with Gasteiger partial charge in [0.05, 0.1) is 4.91 Å². The molecule has 1 N–H and O–H groups in total. The van der Waals surface area contributed by atoms with Crippen molar-refractivity contribution in [2.75, 3.05) is 19.7 Å². The summed E-state index contributed by atoms with van der Waals surface area (Å²) >= 11 is 0.794. The number of ketones is 1. The first-order chi connectivity index (χ1) is 14.8. The van der Waals surface area contributed by atoms with Crippen molar-refractivity contribution in [3.8, 4) is 5.75 Å². The van der Waals surface area contributed by atoms with Crippen molar-refractivity contribution < 1.29 is 28.3 Å². The highest BCUT2D eigenvalue weighted by Gasteiger charge is 2.34. The maximum Gasteiger partial charge on any atom is 0.293 e. The molecule has 1 saturated heterocycles.